The molecule has 0 spiro atoms. The minimum Gasteiger partial charge on any atom is -0.494 e. The van der Waals surface area contributed by atoms with Gasteiger partial charge in [0, 0.05) is 12.6 Å². The van der Waals surface area contributed by atoms with Crippen LogP contribution in [0.4, 0.5) is 5.82 Å². The second-order valence-corrected chi connectivity index (χ2v) is 9.94. The van der Waals surface area contributed by atoms with E-state index in [1.807, 2.05) is 59.3 Å². The van der Waals surface area contributed by atoms with Gasteiger partial charge in [0.2, 0.25) is 5.82 Å². The van der Waals surface area contributed by atoms with Gasteiger partial charge in [-0.25, -0.2) is 14.6 Å². The van der Waals surface area contributed by atoms with Gasteiger partial charge in [0.25, 0.3) is 5.91 Å². The van der Waals surface area contributed by atoms with Gasteiger partial charge >= 0.3 is 0 Å². The molecule has 1 aliphatic rings. The Morgan fingerprint density at radius 3 is 2.73 bits per heavy atom. The first-order valence-electron chi connectivity index (χ1n) is 12.6. The predicted molar refractivity (Wildman–Crippen MR) is 142 cm³/mol. The third-order valence-electron chi connectivity index (χ3n) is 6.40. The Morgan fingerprint density at radius 1 is 1.11 bits per heavy atom. The van der Waals surface area contributed by atoms with Crippen molar-refractivity contribution in [2.75, 3.05) is 11.9 Å². The van der Waals surface area contributed by atoms with Crippen LogP contribution in [-0.4, -0.2) is 43.0 Å². The summed E-state index contributed by atoms with van der Waals surface area (Å²) in [5.74, 6) is 1.75. The highest BCUT2D eigenvalue weighted by Gasteiger charge is 2.28. The first kappa shape index (κ1) is 24.6. The molecule has 0 saturated heterocycles. The lowest BCUT2D eigenvalue weighted by Gasteiger charge is -2.16. The number of carbonyl (C=O) groups excluding carboxylic acids is 1. The summed E-state index contributed by atoms with van der Waals surface area (Å²) < 4.78 is 7.73. The maximum atomic E-state index is 13.0. The van der Waals surface area contributed by atoms with Crippen LogP contribution >= 0.6 is 0 Å². The molecule has 0 aliphatic carbocycles. The SMILES string of the molecule is CC(C)(O)CCCOc1cccc(-c2ccnc(NC(=O)c3nc4n(n3)C(c3ccccc3)CC4)c2)c1. The van der Waals surface area contributed by atoms with Gasteiger partial charge in [0.15, 0.2) is 0 Å². The van der Waals surface area contributed by atoms with Crippen molar-refractivity contribution in [3.63, 3.8) is 0 Å². The number of aryl methyl sites for hydroxylation is 1. The minimum absolute atomic E-state index is 0.0938. The van der Waals surface area contributed by atoms with Crippen molar-refractivity contribution < 1.29 is 14.6 Å². The summed E-state index contributed by atoms with van der Waals surface area (Å²) in [6.45, 7) is 4.12. The van der Waals surface area contributed by atoms with E-state index in [0.29, 0.717) is 18.8 Å². The number of anilines is 1. The van der Waals surface area contributed by atoms with Crippen molar-refractivity contribution in [1.29, 1.82) is 0 Å². The van der Waals surface area contributed by atoms with Crippen molar-refractivity contribution in [3.05, 3.63) is 90.1 Å². The molecule has 0 bridgehead atoms. The van der Waals surface area contributed by atoms with Crippen molar-refractivity contribution >= 4 is 11.7 Å². The summed E-state index contributed by atoms with van der Waals surface area (Å²) in [6.07, 6.45) is 4.79. The number of nitrogens with zero attached hydrogens (tertiary/aromatic N) is 4. The number of rotatable bonds is 9. The summed E-state index contributed by atoms with van der Waals surface area (Å²) in [5, 5.41) is 17.2. The molecule has 3 heterocycles. The molecule has 0 saturated carbocycles. The van der Waals surface area contributed by atoms with Gasteiger partial charge in [0.1, 0.15) is 17.4 Å². The third-order valence-corrected chi connectivity index (χ3v) is 6.40. The molecule has 2 N–H and O–H groups in total. The molecule has 1 atom stereocenters. The molecule has 1 unspecified atom stereocenters. The number of aromatic nitrogens is 4. The van der Waals surface area contributed by atoms with E-state index in [-0.39, 0.29) is 17.8 Å². The number of hydrogen-bond acceptors (Lipinski definition) is 6. The van der Waals surface area contributed by atoms with Crippen LogP contribution in [0, 0.1) is 0 Å². The van der Waals surface area contributed by atoms with E-state index < -0.39 is 5.60 Å². The first-order chi connectivity index (χ1) is 17.9. The Balaban J connectivity index is 1.25. The van der Waals surface area contributed by atoms with E-state index in [4.69, 9.17) is 4.74 Å². The molecular formula is C29H31N5O3. The molecule has 8 heteroatoms. The second-order valence-electron chi connectivity index (χ2n) is 9.94. The monoisotopic (exact) mass is 497 g/mol. The average Bonchev–Trinajstić information content (AvgIpc) is 3.48. The molecule has 190 valence electrons. The molecule has 1 aliphatic heterocycles. The Bertz CT molecular complexity index is 1380. The summed E-state index contributed by atoms with van der Waals surface area (Å²) in [4.78, 5) is 21.8. The Hall–Kier alpha value is -4.04. The van der Waals surface area contributed by atoms with E-state index in [2.05, 4.69) is 32.5 Å². The van der Waals surface area contributed by atoms with Crippen LogP contribution in [0.5, 0.6) is 5.75 Å². The lowest BCUT2D eigenvalue weighted by atomic mass is 10.0. The van der Waals surface area contributed by atoms with Gasteiger partial charge in [-0.1, -0.05) is 42.5 Å². The van der Waals surface area contributed by atoms with Crippen LogP contribution in [-0.2, 0) is 6.42 Å². The van der Waals surface area contributed by atoms with E-state index in [9.17, 15) is 9.90 Å². The number of ether oxygens (including phenoxy) is 1. The van der Waals surface area contributed by atoms with E-state index >= 15 is 0 Å². The molecule has 0 fully saturated rings. The standard InChI is InChI=1S/C29H31N5O3/c1-29(2,36)15-7-17-37-23-11-6-10-21(18-23)22-14-16-30-25(19-22)31-28(35)27-32-26-13-12-24(34(26)33-27)20-8-4-3-5-9-20/h3-6,8-11,14,16,18-19,24,36H,7,12-13,15,17H2,1-2H3,(H,30,31,35). The smallest absolute Gasteiger partial charge is 0.296 e. The van der Waals surface area contributed by atoms with Gasteiger partial charge in [-0.3, -0.25) is 4.79 Å². The summed E-state index contributed by atoms with van der Waals surface area (Å²) in [6, 6.07) is 21.7. The zero-order chi connectivity index (χ0) is 25.8. The van der Waals surface area contributed by atoms with Gasteiger partial charge in [-0.05, 0) is 74.1 Å². The van der Waals surface area contributed by atoms with Crippen LogP contribution in [0.25, 0.3) is 11.1 Å². The number of hydrogen-bond donors (Lipinski definition) is 2. The summed E-state index contributed by atoms with van der Waals surface area (Å²) >= 11 is 0. The molecule has 5 rings (SSSR count). The fraction of sp³-hybridized carbons (Fsp3) is 0.310. The summed E-state index contributed by atoms with van der Waals surface area (Å²) in [7, 11) is 0. The lowest BCUT2D eigenvalue weighted by Crippen LogP contribution is -2.19. The van der Waals surface area contributed by atoms with E-state index in [1.54, 1.807) is 20.0 Å². The fourth-order valence-corrected chi connectivity index (χ4v) is 4.55. The number of benzene rings is 2. The molecule has 2 aromatic carbocycles. The normalized spacial score (nSPS) is 14.8. The zero-order valence-corrected chi connectivity index (χ0v) is 21.1. The lowest BCUT2D eigenvalue weighted by molar-refractivity contribution is 0.0641. The Morgan fingerprint density at radius 2 is 1.92 bits per heavy atom. The van der Waals surface area contributed by atoms with E-state index in [0.717, 1.165) is 47.5 Å². The number of pyridine rings is 1. The van der Waals surface area contributed by atoms with Crippen molar-refractivity contribution in [3.8, 4) is 16.9 Å². The summed E-state index contributed by atoms with van der Waals surface area (Å²) in [5.41, 5.74) is 2.31. The second kappa shape index (κ2) is 10.5. The predicted octanol–water partition coefficient (Wildman–Crippen LogP) is 5.06. The van der Waals surface area contributed by atoms with Crippen LogP contribution in [0.2, 0.25) is 0 Å². The van der Waals surface area contributed by atoms with Gasteiger partial charge in [0.05, 0.1) is 18.2 Å². The van der Waals surface area contributed by atoms with E-state index in [1.165, 1.54) is 0 Å². The maximum Gasteiger partial charge on any atom is 0.296 e. The molecule has 2 aromatic heterocycles. The van der Waals surface area contributed by atoms with Crippen LogP contribution in [0.3, 0.4) is 0 Å². The maximum absolute atomic E-state index is 13.0. The van der Waals surface area contributed by atoms with Crippen LogP contribution in [0.15, 0.2) is 72.9 Å². The van der Waals surface area contributed by atoms with Crippen LogP contribution in [0.1, 0.15) is 61.2 Å². The number of aliphatic hydroxyl groups is 1. The van der Waals surface area contributed by atoms with Crippen molar-refractivity contribution in [2.45, 2.75) is 51.2 Å². The fourth-order valence-electron chi connectivity index (χ4n) is 4.55. The highest BCUT2D eigenvalue weighted by Crippen LogP contribution is 2.30. The minimum atomic E-state index is -0.696. The topological polar surface area (TPSA) is 102 Å². The Kier molecular flexibility index (Phi) is 7.01. The van der Waals surface area contributed by atoms with Crippen molar-refractivity contribution in [1.82, 2.24) is 19.7 Å². The first-order valence-corrected chi connectivity index (χ1v) is 12.6. The quantitative estimate of drug-likeness (QED) is 0.314. The molecule has 0 radical (unpaired) electrons. The zero-order valence-electron chi connectivity index (χ0n) is 21.1. The van der Waals surface area contributed by atoms with Crippen LogP contribution < -0.4 is 10.1 Å². The number of amides is 1. The molecule has 37 heavy (non-hydrogen) atoms. The number of fused-ring (bicyclic) bond motifs is 1. The number of carbonyl (C=O) groups is 1. The number of nitrogens with one attached hydrogen (secondary N) is 1. The molecular weight excluding hydrogens is 466 g/mol. The third kappa shape index (κ3) is 6.03. The molecule has 4 aromatic rings. The Labute approximate surface area is 216 Å². The van der Waals surface area contributed by atoms with Crippen molar-refractivity contribution in [2.24, 2.45) is 0 Å². The molecule has 1 amide bonds. The highest BCUT2D eigenvalue weighted by atomic mass is 16.5. The molecule has 8 nitrogen and oxygen atoms in total. The largest absolute Gasteiger partial charge is 0.494 e. The van der Waals surface area contributed by atoms with Gasteiger partial charge in [-0.2, -0.15) is 0 Å². The van der Waals surface area contributed by atoms with Gasteiger partial charge in [-0.15, -0.1) is 5.10 Å². The average molecular weight is 498 g/mol. The van der Waals surface area contributed by atoms with Gasteiger partial charge < -0.3 is 15.2 Å². The highest BCUT2D eigenvalue weighted by molar-refractivity contribution is 6.01.